The Morgan fingerprint density at radius 2 is 2.16 bits per heavy atom. The van der Waals surface area contributed by atoms with Crippen LogP contribution in [0.3, 0.4) is 0 Å². The molecule has 2 heterocycles. The molecule has 0 unspecified atom stereocenters. The maximum absolute atomic E-state index is 13.2. The van der Waals surface area contributed by atoms with E-state index in [4.69, 9.17) is 0 Å². The number of hydrogen-bond donors (Lipinski definition) is 1. The number of aromatic nitrogens is 1. The minimum absolute atomic E-state index is 0.144. The Bertz CT molecular complexity index is 738. The molecule has 1 aliphatic heterocycles. The lowest BCUT2D eigenvalue weighted by molar-refractivity contribution is 0.0718. The number of rotatable bonds is 5. The van der Waals surface area contributed by atoms with Crippen molar-refractivity contribution in [1.82, 2.24) is 15.2 Å². The Kier molecular flexibility index (Phi) is 4.79. The predicted octanol–water partition coefficient (Wildman–Crippen LogP) is 2.82. The lowest BCUT2D eigenvalue weighted by Crippen LogP contribution is -2.35. The van der Waals surface area contributed by atoms with Gasteiger partial charge in [0.05, 0.1) is 0 Å². The van der Waals surface area contributed by atoms with Crippen LogP contribution in [0.1, 0.15) is 39.9 Å². The summed E-state index contributed by atoms with van der Waals surface area (Å²) in [5.74, 6) is 0.681. The number of pyridine rings is 1. The van der Waals surface area contributed by atoms with E-state index in [2.05, 4.69) is 22.4 Å². The smallest absolute Gasteiger partial charge is 0.254 e. The van der Waals surface area contributed by atoms with Gasteiger partial charge in [-0.1, -0.05) is 12.1 Å². The molecule has 25 heavy (non-hydrogen) atoms. The van der Waals surface area contributed by atoms with Crippen molar-refractivity contribution < 1.29 is 4.79 Å². The van der Waals surface area contributed by atoms with Gasteiger partial charge in [0.15, 0.2) is 0 Å². The van der Waals surface area contributed by atoms with Crippen LogP contribution in [0, 0.1) is 5.92 Å². The van der Waals surface area contributed by atoms with E-state index >= 15 is 0 Å². The standard InChI is InChI=1S/C21H25N3O/c25-21(20-7-6-18-4-1-5-19(18)11-20)24(15-17-8-10-23-13-17)14-16-3-2-9-22-12-16/h2-3,6-7,9,11-12,17,23H,1,4-5,8,10,13-15H2/t17-/m0/s1. The number of benzene rings is 1. The highest BCUT2D eigenvalue weighted by Gasteiger charge is 2.24. The summed E-state index contributed by atoms with van der Waals surface area (Å²) in [5.41, 5.74) is 4.68. The number of nitrogens with one attached hydrogen (secondary N) is 1. The molecule has 4 heteroatoms. The van der Waals surface area contributed by atoms with Crippen LogP contribution in [0.2, 0.25) is 0 Å². The van der Waals surface area contributed by atoms with Gasteiger partial charge in [-0.15, -0.1) is 0 Å². The first-order valence-corrected chi connectivity index (χ1v) is 9.30. The van der Waals surface area contributed by atoms with E-state index in [1.165, 1.54) is 17.5 Å². The molecule has 1 amide bonds. The fourth-order valence-corrected chi connectivity index (χ4v) is 4.00. The molecule has 1 fully saturated rings. The fourth-order valence-electron chi connectivity index (χ4n) is 4.00. The summed E-state index contributed by atoms with van der Waals surface area (Å²) in [5, 5.41) is 3.40. The van der Waals surface area contributed by atoms with Gasteiger partial charge in [-0.3, -0.25) is 9.78 Å². The molecule has 0 spiro atoms. The van der Waals surface area contributed by atoms with Crippen LogP contribution in [0.4, 0.5) is 0 Å². The highest BCUT2D eigenvalue weighted by molar-refractivity contribution is 5.94. The molecule has 1 aromatic heterocycles. The van der Waals surface area contributed by atoms with Crippen molar-refractivity contribution in [3.05, 3.63) is 65.0 Å². The number of amides is 1. The van der Waals surface area contributed by atoms with Gasteiger partial charge in [0, 0.05) is 31.0 Å². The Morgan fingerprint density at radius 3 is 2.96 bits per heavy atom. The van der Waals surface area contributed by atoms with Crippen molar-refractivity contribution in [3.8, 4) is 0 Å². The summed E-state index contributed by atoms with van der Waals surface area (Å²) in [4.78, 5) is 19.4. The summed E-state index contributed by atoms with van der Waals surface area (Å²) >= 11 is 0. The van der Waals surface area contributed by atoms with E-state index in [9.17, 15) is 4.79 Å². The van der Waals surface area contributed by atoms with Crippen LogP contribution < -0.4 is 5.32 Å². The third-order valence-electron chi connectivity index (χ3n) is 5.37. The molecule has 1 atom stereocenters. The highest BCUT2D eigenvalue weighted by atomic mass is 16.2. The first kappa shape index (κ1) is 16.3. The van der Waals surface area contributed by atoms with Gasteiger partial charge in [0.1, 0.15) is 0 Å². The van der Waals surface area contributed by atoms with E-state index in [0.717, 1.165) is 50.0 Å². The minimum Gasteiger partial charge on any atom is -0.334 e. The molecule has 0 radical (unpaired) electrons. The number of fused-ring (bicyclic) bond motifs is 1. The Labute approximate surface area is 149 Å². The molecule has 1 aliphatic carbocycles. The largest absolute Gasteiger partial charge is 0.334 e. The SMILES string of the molecule is O=C(c1ccc2c(c1)CCC2)N(Cc1cccnc1)C[C@H]1CCNC1. The Balaban J connectivity index is 1.56. The van der Waals surface area contributed by atoms with E-state index in [0.29, 0.717) is 12.5 Å². The van der Waals surface area contributed by atoms with Crippen molar-refractivity contribution in [2.24, 2.45) is 5.92 Å². The number of aryl methyl sites for hydroxylation is 2. The van der Waals surface area contributed by atoms with Crippen molar-refractivity contribution in [1.29, 1.82) is 0 Å². The quantitative estimate of drug-likeness (QED) is 0.914. The minimum atomic E-state index is 0.144. The molecule has 4 rings (SSSR count). The molecule has 2 aliphatic rings. The summed E-state index contributed by atoms with van der Waals surface area (Å²) in [6.45, 7) is 3.48. The third-order valence-corrected chi connectivity index (χ3v) is 5.37. The lowest BCUT2D eigenvalue weighted by Gasteiger charge is -2.26. The molecule has 1 saturated heterocycles. The van der Waals surface area contributed by atoms with Crippen molar-refractivity contribution >= 4 is 5.91 Å². The van der Waals surface area contributed by atoms with Crippen LogP contribution in [-0.2, 0) is 19.4 Å². The van der Waals surface area contributed by atoms with E-state index in [-0.39, 0.29) is 5.91 Å². The number of carbonyl (C=O) groups is 1. The molecule has 1 aromatic carbocycles. The van der Waals surface area contributed by atoms with Gasteiger partial charge in [0.25, 0.3) is 5.91 Å². The van der Waals surface area contributed by atoms with Gasteiger partial charge in [0.2, 0.25) is 0 Å². The monoisotopic (exact) mass is 335 g/mol. The first-order chi connectivity index (χ1) is 12.3. The molecule has 0 bridgehead atoms. The summed E-state index contributed by atoms with van der Waals surface area (Å²) in [7, 11) is 0. The maximum Gasteiger partial charge on any atom is 0.254 e. The molecule has 2 aromatic rings. The summed E-state index contributed by atoms with van der Waals surface area (Å²) in [6.07, 6.45) is 8.23. The molecule has 1 N–H and O–H groups in total. The van der Waals surface area contributed by atoms with Crippen LogP contribution in [-0.4, -0.2) is 35.4 Å². The van der Waals surface area contributed by atoms with Gasteiger partial charge < -0.3 is 10.2 Å². The molecule has 4 nitrogen and oxygen atoms in total. The predicted molar refractivity (Wildman–Crippen MR) is 98.4 cm³/mol. The van der Waals surface area contributed by atoms with Crippen LogP contribution >= 0.6 is 0 Å². The highest BCUT2D eigenvalue weighted by Crippen LogP contribution is 2.24. The van der Waals surface area contributed by atoms with Crippen LogP contribution in [0.5, 0.6) is 0 Å². The van der Waals surface area contributed by atoms with Gasteiger partial charge in [-0.05, 0) is 79.6 Å². The zero-order valence-corrected chi connectivity index (χ0v) is 14.6. The van der Waals surface area contributed by atoms with Crippen molar-refractivity contribution in [2.45, 2.75) is 32.2 Å². The molecular formula is C21H25N3O. The fraction of sp³-hybridized carbons (Fsp3) is 0.429. The normalized spacial score (nSPS) is 19.0. The molecule has 0 saturated carbocycles. The lowest BCUT2D eigenvalue weighted by atomic mass is 10.0. The van der Waals surface area contributed by atoms with E-state index in [1.54, 1.807) is 6.20 Å². The number of carbonyl (C=O) groups excluding carboxylic acids is 1. The zero-order valence-electron chi connectivity index (χ0n) is 14.6. The first-order valence-electron chi connectivity index (χ1n) is 9.30. The third kappa shape index (κ3) is 3.74. The second kappa shape index (κ2) is 7.36. The second-order valence-corrected chi connectivity index (χ2v) is 7.24. The zero-order chi connectivity index (χ0) is 17.1. The van der Waals surface area contributed by atoms with E-state index < -0.39 is 0 Å². The average Bonchev–Trinajstić information content (AvgIpc) is 3.32. The average molecular weight is 335 g/mol. The second-order valence-electron chi connectivity index (χ2n) is 7.24. The number of hydrogen-bond acceptors (Lipinski definition) is 3. The van der Waals surface area contributed by atoms with Gasteiger partial charge in [-0.2, -0.15) is 0 Å². The topological polar surface area (TPSA) is 45.2 Å². The van der Waals surface area contributed by atoms with Crippen LogP contribution in [0.15, 0.2) is 42.7 Å². The number of nitrogens with zero attached hydrogens (tertiary/aromatic N) is 2. The molecule has 130 valence electrons. The summed E-state index contributed by atoms with van der Waals surface area (Å²) in [6, 6.07) is 10.3. The van der Waals surface area contributed by atoms with E-state index in [1.807, 2.05) is 29.3 Å². The van der Waals surface area contributed by atoms with Crippen molar-refractivity contribution in [2.75, 3.05) is 19.6 Å². The van der Waals surface area contributed by atoms with Gasteiger partial charge >= 0.3 is 0 Å². The molecular weight excluding hydrogens is 310 g/mol. The van der Waals surface area contributed by atoms with Gasteiger partial charge in [-0.25, -0.2) is 0 Å². The van der Waals surface area contributed by atoms with Crippen LogP contribution in [0.25, 0.3) is 0 Å². The summed E-state index contributed by atoms with van der Waals surface area (Å²) < 4.78 is 0. The maximum atomic E-state index is 13.2. The Hall–Kier alpha value is -2.20. The van der Waals surface area contributed by atoms with Crippen molar-refractivity contribution in [3.63, 3.8) is 0 Å². The Morgan fingerprint density at radius 1 is 1.24 bits per heavy atom.